The Labute approximate surface area is 186 Å². The van der Waals surface area contributed by atoms with Gasteiger partial charge in [-0.2, -0.15) is 8.78 Å². The van der Waals surface area contributed by atoms with Crippen LogP contribution in [0.5, 0.6) is 5.75 Å². The summed E-state index contributed by atoms with van der Waals surface area (Å²) in [7, 11) is 0. The Kier molecular flexibility index (Phi) is 4.98. The van der Waals surface area contributed by atoms with Crippen LogP contribution >= 0.6 is 11.6 Å². The zero-order valence-corrected chi connectivity index (χ0v) is 17.6. The van der Waals surface area contributed by atoms with Gasteiger partial charge in [0.05, 0.1) is 17.5 Å². The van der Waals surface area contributed by atoms with Crippen molar-refractivity contribution in [3.63, 3.8) is 0 Å². The molecule has 3 heterocycles. The van der Waals surface area contributed by atoms with Gasteiger partial charge in [-0.25, -0.2) is 4.98 Å². The van der Waals surface area contributed by atoms with Gasteiger partial charge in [0.25, 0.3) is 0 Å². The second-order valence-electron chi connectivity index (χ2n) is 7.75. The van der Waals surface area contributed by atoms with E-state index in [1.807, 2.05) is 29.7 Å². The maximum atomic E-state index is 13.0. The van der Waals surface area contributed by atoms with E-state index in [1.54, 1.807) is 12.1 Å². The van der Waals surface area contributed by atoms with Crippen molar-refractivity contribution in [2.45, 2.75) is 32.0 Å². The number of pyridine rings is 2. The van der Waals surface area contributed by atoms with E-state index in [1.165, 1.54) is 18.2 Å². The molecule has 2 atom stereocenters. The molecule has 32 heavy (non-hydrogen) atoms. The predicted molar refractivity (Wildman–Crippen MR) is 115 cm³/mol. The van der Waals surface area contributed by atoms with Crippen LogP contribution in [0, 0.1) is 6.92 Å². The van der Waals surface area contributed by atoms with Gasteiger partial charge in [-0.15, -0.1) is 0 Å². The lowest BCUT2D eigenvalue weighted by Crippen LogP contribution is -2.09. The number of nitrogens with zero attached hydrogens (tertiary/aromatic N) is 2. The third-order valence-electron chi connectivity index (χ3n) is 5.78. The minimum Gasteiger partial charge on any atom is -0.435 e. The maximum Gasteiger partial charge on any atom is 0.387 e. The first-order chi connectivity index (χ1) is 15.3. The number of fused-ring (bicyclic) bond motifs is 3. The normalized spacial score (nSPS) is 17.8. The molecule has 6 nitrogen and oxygen atoms in total. The molecule has 3 aromatic heterocycles. The molecular formula is C23H18ClF2N3O3. The number of aliphatic hydroxyl groups is 1. The number of aliphatic hydroxyl groups excluding tert-OH is 1. The molecule has 0 saturated heterocycles. The SMILES string of the molecule is Cc1[nH]c(=O)ccc1-c1ccc2nc3c(n2c1)C(c1cc(Cl)ccc1OC(F)F)CC3O. The van der Waals surface area contributed by atoms with Crippen molar-refractivity contribution >= 4 is 17.2 Å². The van der Waals surface area contributed by atoms with E-state index in [-0.39, 0.29) is 17.7 Å². The highest BCUT2D eigenvalue weighted by Crippen LogP contribution is 2.47. The molecule has 0 radical (unpaired) electrons. The summed E-state index contributed by atoms with van der Waals surface area (Å²) >= 11 is 6.17. The number of aromatic nitrogens is 3. The number of halogens is 3. The molecule has 164 valence electrons. The number of H-pyrrole nitrogens is 1. The summed E-state index contributed by atoms with van der Waals surface area (Å²) in [6.07, 6.45) is 1.28. The number of imidazole rings is 1. The first-order valence-electron chi connectivity index (χ1n) is 9.96. The fourth-order valence-corrected chi connectivity index (χ4v) is 4.62. The molecule has 4 aromatic rings. The van der Waals surface area contributed by atoms with E-state index in [0.717, 1.165) is 11.1 Å². The summed E-state index contributed by atoms with van der Waals surface area (Å²) in [6, 6.07) is 11.4. The highest BCUT2D eigenvalue weighted by atomic mass is 35.5. The maximum absolute atomic E-state index is 13.0. The standard InChI is InChI=1S/C23H18ClF2N3O3/c1-11-14(4-7-20(31)27-11)12-2-6-19-28-21-17(30)9-16(22(21)29(19)10-12)15-8-13(24)3-5-18(15)32-23(25)26/h2-8,10,16-17,23,30H,9H2,1H3,(H,27,31). The largest absolute Gasteiger partial charge is 0.435 e. The van der Waals surface area contributed by atoms with Gasteiger partial charge in [-0.1, -0.05) is 11.6 Å². The first kappa shape index (κ1) is 20.7. The molecule has 9 heteroatoms. The molecular weight excluding hydrogens is 440 g/mol. The monoisotopic (exact) mass is 457 g/mol. The van der Waals surface area contributed by atoms with E-state index in [9.17, 15) is 18.7 Å². The summed E-state index contributed by atoms with van der Waals surface area (Å²) in [5.74, 6) is -0.439. The minimum absolute atomic E-state index is 0.0111. The third-order valence-corrected chi connectivity index (χ3v) is 6.01. The number of aryl methyl sites for hydroxylation is 1. The van der Waals surface area contributed by atoms with Crippen LogP contribution in [0.1, 0.15) is 41.1 Å². The molecule has 1 aliphatic carbocycles. The number of ether oxygens (including phenoxy) is 1. The lowest BCUT2D eigenvalue weighted by molar-refractivity contribution is -0.0505. The number of rotatable bonds is 4. The van der Waals surface area contributed by atoms with Gasteiger partial charge in [0.1, 0.15) is 11.4 Å². The number of hydrogen-bond acceptors (Lipinski definition) is 4. The number of nitrogens with one attached hydrogen (secondary N) is 1. The Hall–Kier alpha value is -3.23. The number of alkyl halides is 2. The van der Waals surface area contributed by atoms with Crippen LogP contribution in [-0.2, 0) is 0 Å². The van der Waals surface area contributed by atoms with Crippen LogP contribution in [0.25, 0.3) is 16.8 Å². The Bertz CT molecular complexity index is 1400. The average Bonchev–Trinajstić information content (AvgIpc) is 3.26. The highest BCUT2D eigenvalue weighted by molar-refractivity contribution is 6.30. The van der Waals surface area contributed by atoms with E-state index >= 15 is 0 Å². The number of hydrogen-bond donors (Lipinski definition) is 2. The van der Waals surface area contributed by atoms with Crippen LogP contribution in [-0.4, -0.2) is 26.1 Å². The van der Waals surface area contributed by atoms with Crippen molar-refractivity contribution in [2.24, 2.45) is 0 Å². The molecule has 0 aliphatic heterocycles. The molecule has 1 aromatic carbocycles. The zero-order chi connectivity index (χ0) is 22.6. The average molecular weight is 458 g/mol. The van der Waals surface area contributed by atoms with E-state index in [4.69, 9.17) is 16.3 Å². The van der Waals surface area contributed by atoms with Gasteiger partial charge < -0.3 is 19.2 Å². The second-order valence-corrected chi connectivity index (χ2v) is 8.19. The summed E-state index contributed by atoms with van der Waals surface area (Å²) < 4.78 is 32.6. The summed E-state index contributed by atoms with van der Waals surface area (Å²) in [5.41, 5.74) is 4.46. The fourth-order valence-electron chi connectivity index (χ4n) is 4.44. The summed E-state index contributed by atoms with van der Waals surface area (Å²) in [4.78, 5) is 18.9. The van der Waals surface area contributed by atoms with E-state index in [0.29, 0.717) is 33.3 Å². The lowest BCUT2D eigenvalue weighted by atomic mass is 9.95. The van der Waals surface area contributed by atoms with Crippen LogP contribution in [0.2, 0.25) is 5.02 Å². The van der Waals surface area contributed by atoms with E-state index < -0.39 is 18.6 Å². The molecule has 5 rings (SSSR count). The smallest absolute Gasteiger partial charge is 0.387 e. The van der Waals surface area contributed by atoms with Gasteiger partial charge in [0, 0.05) is 45.6 Å². The minimum atomic E-state index is -2.99. The van der Waals surface area contributed by atoms with Crippen LogP contribution in [0.15, 0.2) is 53.5 Å². The van der Waals surface area contributed by atoms with Gasteiger partial charge in [0.15, 0.2) is 0 Å². The van der Waals surface area contributed by atoms with Crippen molar-refractivity contribution in [1.82, 2.24) is 14.4 Å². The molecule has 2 N–H and O–H groups in total. The lowest BCUT2D eigenvalue weighted by Gasteiger charge is -2.18. The second kappa shape index (κ2) is 7.72. The van der Waals surface area contributed by atoms with Crippen LogP contribution in [0.3, 0.4) is 0 Å². The predicted octanol–water partition coefficient (Wildman–Crippen LogP) is 4.82. The summed E-state index contributed by atoms with van der Waals surface area (Å²) in [5, 5.41) is 11.1. The summed E-state index contributed by atoms with van der Waals surface area (Å²) in [6.45, 7) is -1.18. The molecule has 2 unspecified atom stereocenters. The van der Waals surface area contributed by atoms with Gasteiger partial charge in [-0.05, 0) is 49.7 Å². The third kappa shape index (κ3) is 3.45. The number of benzene rings is 1. The van der Waals surface area contributed by atoms with Gasteiger partial charge in [-0.3, -0.25) is 4.79 Å². The Morgan fingerprint density at radius 3 is 2.81 bits per heavy atom. The van der Waals surface area contributed by atoms with Crippen molar-refractivity contribution in [3.05, 3.63) is 86.7 Å². The van der Waals surface area contributed by atoms with Crippen LogP contribution < -0.4 is 10.3 Å². The fraction of sp³-hybridized carbons (Fsp3) is 0.217. The Morgan fingerprint density at radius 1 is 1.25 bits per heavy atom. The Morgan fingerprint density at radius 2 is 2.06 bits per heavy atom. The highest BCUT2D eigenvalue weighted by Gasteiger charge is 2.37. The van der Waals surface area contributed by atoms with Crippen molar-refractivity contribution in [1.29, 1.82) is 0 Å². The quantitative estimate of drug-likeness (QED) is 0.460. The number of aromatic amines is 1. The topological polar surface area (TPSA) is 79.6 Å². The first-order valence-corrected chi connectivity index (χ1v) is 10.3. The van der Waals surface area contributed by atoms with Crippen molar-refractivity contribution in [3.8, 4) is 16.9 Å². The molecule has 0 amide bonds. The Balaban J connectivity index is 1.69. The van der Waals surface area contributed by atoms with Crippen molar-refractivity contribution < 1.29 is 18.6 Å². The molecule has 1 aliphatic rings. The molecule has 0 spiro atoms. The van der Waals surface area contributed by atoms with E-state index in [2.05, 4.69) is 9.97 Å². The molecule has 0 fully saturated rings. The molecule has 0 saturated carbocycles. The van der Waals surface area contributed by atoms with Gasteiger partial charge in [0.2, 0.25) is 5.56 Å². The van der Waals surface area contributed by atoms with Gasteiger partial charge >= 0.3 is 6.61 Å². The zero-order valence-electron chi connectivity index (χ0n) is 16.8. The van der Waals surface area contributed by atoms with Crippen LogP contribution in [0.4, 0.5) is 8.78 Å². The van der Waals surface area contributed by atoms with Crippen molar-refractivity contribution in [2.75, 3.05) is 0 Å². The molecule has 0 bridgehead atoms.